The standard InChI is InChI=1S/C24H31ClN2O3/c1-6-21(24(29)26-16(2)3)27(14-19-9-7-8-10-20(19)25)23(28)15-30-22-12-11-17(4)13-18(22)5/h7-13,16,21H,6,14-15H2,1-5H3,(H,26,29). The van der Waals surface area contributed by atoms with Gasteiger partial charge < -0.3 is 15.0 Å². The lowest BCUT2D eigenvalue weighted by Crippen LogP contribution is -2.51. The first-order valence-electron chi connectivity index (χ1n) is 10.3. The summed E-state index contributed by atoms with van der Waals surface area (Å²) in [5.74, 6) is 0.214. The monoisotopic (exact) mass is 430 g/mol. The number of nitrogens with zero attached hydrogens (tertiary/aromatic N) is 1. The summed E-state index contributed by atoms with van der Waals surface area (Å²) in [5.41, 5.74) is 2.88. The van der Waals surface area contributed by atoms with E-state index in [0.717, 1.165) is 16.7 Å². The summed E-state index contributed by atoms with van der Waals surface area (Å²) in [6.45, 7) is 9.72. The summed E-state index contributed by atoms with van der Waals surface area (Å²) in [6.07, 6.45) is 0.484. The Hall–Kier alpha value is -2.53. The Morgan fingerprint density at radius 3 is 2.43 bits per heavy atom. The molecule has 2 aromatic carbocycles. The van der Waals surface area contributed by atoms with Crippen LogP contribution in [-0.2, 0) is 16.1 Å². The molecule has 0 heterocycles. The average Bonchev–Trinajstić information content (AvgIpc) is 2.67. The summed E-state index contributed by atoms with van der Waals surface area (Å²) < 4.78 is 5.80. The number of carbonyl (C=O) groups excluding carboxylic acids is 2. The van der Waals surface area contributed by atoms with Crippen molar-refractivity contribution in [1.29, 1.82) is 0 Å². The molecule has 0 radical (unpaired) electrons. The maximum Gasteiger partial charge on any atom is 0.261 e. The predicted molar refractivity (Wildman–Crippen MR) is 121 cm³/mol. The number of benzene rings is 2. The first-order valence-corrected chi connectivity index (χ1v) is 10.6. The molecular weight excluding hydrogens is 400 g/mol. The van der Waals surface area contributed by atoms with Crippen molar-refractivity contribution in [1.82, 2.24) is 10.2 Å². The van der Waals surface area contributed by atoms with Gasteiger partial charge in [-0.2, -0.15) is 0 Å². The van der Waals surface area contributed by atoms with Gasteiger partial charge in [-0.05, 0) is 57.4 Å². The molecule has 0 fully saturated rings. The molecule has 0 aliphatic rings. The molecule has 2 rings (SSSR count). The van der Waals surface area contributed by atoms with Crippen LogP contribution in [0.25, 0.3) is 0 Å². The van der Waals surface area contributed by atoms with E-state index in [2.05, 4.69) is 5.32 Å². The number of aryl methyl sites for hydroxylation is 2. The van der Waals surface area contributed by atoms with Gasteiger partial charge in [-0.25, -0.2) is 0 Å². The van der Waals surface area contributed by atoms with Gasteiger partial charge in [0.1, 0.15) is 11.8 Å². The molecule has 2 amide bonds. The summed E-state index contributed by atoms with van der Waals surface area (Å²) in [7, 11) is 0. The van der Waals surface area contributed by atoms with Crippen molar-refractivity contribution in [2.24, 2.45) is 0 Å². The smallest absolute Gasteiger partial charge is 0.261 e. The predicted octanol–water partition coefficient (Wildman–Crippen LogP) is 4.67. The summed E-state index contributed by atoms with van der Waals surface area (Å²) in [5, 5.41) is 3.47. The highest BCUT2D eigenvalue weighted by Crippen LogP contribution is 2.21. The molecule has 162 valence electrons. The van der Waals surface area contributed by atoms with Crippen LogP contribution in [-0.4, -0.2) is 35.4 Å². The largest absolute Gasteiger partial charge is 0.483 e. The Morgan fingerprint density at radius 1 is 1.13 bits per heavy atom. The van der Waals surface area contributed by atoms with E-state index in [-0.39, 0.29) is 31.0 Å². The van der Waals surface area contributed by atoms with Gasteiger partial charge in [0.25, 0.3) is 5.91 Å². The topological polar surface area (TPSA) is 58.6 Å². The summed E-state index contributed by atoms with van der Waals surface area (Å²) in [4.78, 5) is 27.5. The summed E-state index contributed by atoms with van der Waals surface area (Å²) >= 11 is 6.32. The van der Waals surface area contributed by atoms with Gasteiger partial charge >= 0.3 is 0 Å². The number of amides is 2. The van der Waals surface area contributed by atoms with Gasteiger partial charge in [0.2, 0.25) is 5.91 Å². The molecule has 0 bridgehead atoms. The molecule has 2 aromatic rings. The van der Waals surface area contributed by atoms with Crippen molar-refractivity contribution in [3.05, 3.63) is 64.2 Å². The number of carbonyl (C=O) groups is 2. The van der Waals surface area contributed by atoms with Crippen LogP contribution < -0.4 is 10.1 Å². The van der Waals surface area contributed by atoms with Crippen molar-refractivity contribution >= 4 is 23.4 Å². The third kappa shape index (κ3) is 6.49. The highest BCUT2D eigenvalue weighted by molar-refractivity contribution is 6.31. The second-order valence-electron chi connectivity index (χ2n) is 7.76. The fourth-order valence-corrected chi connectivity index (χ4v) is 3.49. The molecule has 0 aliphatic carbocycles. The van der Waals surface area contributed by atoms with Crippen molar-refractivity contribution in [2.75, 3.05) is 6.61 Å². The number of nitrogens with one attached hydrogen (secondary N) is 1. The molecule has 1 atom stereocenters. The third-order valence-electron chi connectivity index (χ3n) is 4.80. The lowest BCUT2D eigenvalue weighted by molar-refractivity contribution is -0.143. The van der Waals surface area contributed by atoms with E-state index in [4.69, 9.17) is 16.3 Å². The van der Waals surface area contributed by atoms with Gasteiger partial charge in [0.15, 0.2) is 6.61 Å². The zero-order valence-electron chi connectivity index (χ0n) is 18.4. The fourth-order valence-electron chi connectivity index (χ4n) is 3.29. The van der Waals surface area contributed by atoms with Crippen LogP contribution in [0.15, 0.2) is 42.5 Å². The van der Waals surface area contributed by atoms with E-state index >= 15 is 0 Å². The van der Waals surface area contributed by atoms with E-state index in [1.54, 1.807) is 11.0 Å². The maximum atomic E-state index is 13.2. The van der Waals surface area contributed by atoms with E-state index in [0.29, 0.717) is 17.2 Å². The van der Waals surface area contributed by atoms with Gasteiger partial charge in [-0.3, -0.25) is 9.59 Å². The van der Waals surface area contributed by atoms with Crippen LogP contribution >= 0.6 is 11.6 Å². The molecule has 0 spiro atoms. The molecule has 0 saturated heterocycles. The quantitative estimate of drug-likeness (QED) is 0.629. The third-order valence-corrected chi connectivity index (χ3v) is 5.17. The van der Waals surface area contributed by atoms with E-state index in [1.165, 1.54) is 0 Å². The van der Waals surface area contributed by atoms with Crippen molar-refractivity contribution in [3.63, 3.8) is 0 Å². The van der Waals surface area contributed by atoms with E-state index < -0.39 is 6.04 Å². The molecule has 1 unspecified atom stereocenters. The molecule has 30 heavy (non-hydrogen) atoms. The Bertz CT molecular complexity index is 883. The number of halogens is 1. The number of hydrogen-bond acceptors (Lipinski definition) is 3. The zero-order valence-corrected chi connectivity index (χ0v) is 19.1. The molecule has 0 aromatic heterocycles. The van der Waals surface area contributed by atoms with Crippen molar-refractivity contribution < 1.29 is 14.3 Å². The van der Waals surface area contributed by atoms with Crippen LogP contribution in [0, 0.1) is 13.8 Å². The lowest BCUT2D eigenvalue weighted by Gasteiger charge is -2.31. The lowest BCUT2D eigenvalue weighted by atomic mass is 10.1. The summed E-state index contributed by atoms with van der Waals surface area (Å²) in [6, 6.07) is 12.5. The Kier molecular flexibility index (Phi) is 8.72. The number of rotatable bonds is 9. The van der Waals surface area contributed by atoms with Crippen LogP contribution in [0.4, 0.5) is 0 Å². The van der Waals surface area contributed by atoms with Crippen LogP contribution in [0.5, 0.6) is 5.75 Å². The number of hydrogen-bond donors (Lipinski definition) is 1. The second kappa shape index (κ2) is 11.0. The van der Waals surface area contributed by atoms with Gasteiger partial charge in [-0.15, -0.1) is 0 Å². The van der Waals surface area contributed by atoms with Crippen molar-refractivity contribution in [2.45, 2.75) is 59.7 Å². The Labute approximate surface area is 184 Å². The molecular formula is C24H31ClN2O3. The number of ether oxygens (including phenoxy) is 1. The SMILES string of the molecule is CCC(C(=O)NC(C)C)N(Cc1ccccc1Cl)C(=O)COc1ccc(C)cc1C. The van der Waals surface area contributed by atoms with Crippen LogP contribution in [0.3, 0.4) is 0 Å². The van der Waals surface area contributed by atoms with E-state index in [9.17, 15) is 9.59 Å². The second-order valence-corrected chi connectivity index (χ2v) is 8.17. The zero-order chi connectivity index (χ0) is 22.3. The molecule has 0 aliphatic heterocycles. The Balaban J connectivity index is 2.25. The minimum absolute atomic E-state index is 0.0183. The fraction of sp³-hybridized carbons (Fsp3) is 0.417. The minimum atomic E-state index is -0.612. The van der Waals surface area contributed by atoms with Gasteiger partial charge in [0.05, 0.1) is 0 Å². The highest BCUT2D eigenvalue weighted by Gasteiger charge is 2.29. The van der Waals surface area contributed by atoms with Crippen LogP contribution in [0.2, 0.25) is 5.02 Å². The molecule has 1 N–H and O–H groups in total. The first kappa shape index (κ1) is 23.7. The molecule has 6 heteroatoms. The first-order chi connectivity index (χ1) is 14.2. The van der Waals surface area contributed by atoms with Gasteiger partial charge in [-0.1, -0.05) is 54.4 Å². The molecule has 5 nitrogen and oxygen atoms in total. The van der Waals surface area contributed by atoms with E-state index in [1.807, 2.05) is 71.0 Å². The molecule has 0 saturated carbocycles. The highest BCUT2D eigenvalue weighted by atomic mass is 35.5. The normalized spacial score (nSPS) is 11.8. The minimum Gasteiger partial charge on any atom is -0.483 e. The van der Waals surface area contributed by atoms with Crippen LogP contribution in [0.1, 0.15) is 43.9 Å². The maximum absolute atomic E-state index is 13.2. The Morgan fingerprint density at radius 2 is 1.83 bits per heavy atom. The van der Waals surface area contributed by atoms with Gasteiger partial charge in [0, 0.05) is 17.6 Å². The van der Waals surface area contributed by atoms with Crippen molar-refractivity contribution in [3.8, 4) is 5.75 Å². The average molecular weight is 431 g/mol.